The van der Waals surface area contributed by atoms with Crippen molar-refractivity contribution in [3.63, 3.8) is 0 Å². The Morgan fingerprint density at radius 2 is 2.00 bits per heavy atom. The van der Waals surface area contributed by atoms with Crippen molar-refractivity contribution in [2.24, 2.45) is 5.92 Å². The lowest BCUT2D eigenvalue weighted by molar-refractivity contribution is -0.262. The average Bonchev–Trinajstić information content (AvgIpc) is 2.29. The van der Waals surface area contributed by atoms with Crippen LogP contribution in [-0.4, -0.2) is 32.1 Å². The van der Waals surface area contributed by atoms with Gasteiger partial charge in [-0.15, -0.1) is 0 Å². The molecule has 0 spiro atoms. The van der Waals surface area contributed by atoms with Crippen molar-refractivity contribution in [3.05, 3.63) is 12.7 Å². The predicted octanol–water partition coefficient (Wildman–Crippen LogP) is 2.14. The summed E-state index contributed by atoms with van der Waals surface area (Å²) in [5.41, 5.74) is 0. The Hall–Kier alpha value is -0.870. The Labute approximate surface area is 97.6 Å². The molecule has 1 aliphatic rings. The fourth-order valence-electron chi connectivity index (χ4n) is 1.05. The number of esters is 1. The lowest BCUT2D eigenvalue weighted by atomic mass is 10.1. The third-order valence-corrected chi connectivity index (χ3v) is 2.28. The Morgan fingerprint density at radius 1 is 1.50 bits per heavy atom. The molecule has 0 saturated carbocycles. The summed E-state index contributed by atoms with van der Waals surface area (Å²) in [6.07, 6.45) is 2.26. The second kappa shape index (κ2) is 7.41. The first-order valence-electron chi connectivity index (χ1n) is 5.43. The van der Waals surface area contributed by atoms with Gasteiger partial charge in [-0.2, -0.15) is 0 Å². The highest BCUT2D eigenvalue weighted by atomic mass is 16.7. The quantitative estimate of drug-likeness (QED) is 0.538. The highest BCUT2D eigenvalue weighted by Crippen LogP contribution is 2.21. The van der Waals surface area contributed by atoms with E-state index in [0.29, 0.717) is 5.92 Å². The maximum absolute atomic E-state index is 9.84. The fourth-order valence-corrected chi connectivity index (χ4v) is 1.05. The van der Waals surface area contributed by atoms with Crippen LogP contribution in [0.1, 0.15) is 27.2 Å². The van der Waals surface area contributed by atoms with Crippen LogP contribution in [0, 0.1) is 5.92 Å². The lowest BCUT2D eigenvalue weighted by Crippen LogP contribution is -2.38. The molecule has 0 atom stereocenters. The monoisotopic (exact) mass is 230 g/mol. The summed E-state index contributed by atoms with van der Waals surface area (Å²) in [6.45, 7) is 10.9. The molecule has 0 radical (unpaired) electrons. The molecule has 0 N–H and O–H groups in total. The number of methoxy groups -OCH3 is 1. The first-order chi connectivity index (χ1) is 7.45. The zero-order chi connectivity index (χ0) is 12.6. The molecule has 1 aliphatic heterocycles. The van der Waals surface area contributed by atoms with E-state index in [0.717, 1.165) is 25.7 Å². The van der Waals surface area contributed by atoms with Crippen LogP contribution in [0.2, 0.25) is 0 Å². The van der Waals surface area contributed by atoms with Crippen molar-refractivity contribution in [1.82, 2.24) is 0 Å². The van der Waals surface area contributed by atoms with E-state index in [9.17, 15) is 4.79 Å². The largest absolute Gasteiger partial charge is 0.466 e. The molecule has 0 amide bonds. The molecular weight excluding hydrogens is 208 g/mol. The SMILES string of the molecule is C=CC(=O)OC.CCC1COC(C)(C)OC1. The molecule has 16 heavy (non-hydrogen) atoms. The second-order valence-corrected chi connectivity index (χ2v) is 4.02. The van der Waals surface area contributed by atoms with Crippen molar-refractivity contribution in [2.75, 3.05) is 20.3 Å². The van der Waals surface area contributed by atoms with Crippen molar-refractivity contribution < 1.29 is 19.0 Å². The Bertz CT molecular complexity index is 213. The van der Waals surface area contributed by atoms with E-state index in [-0.39, 0.29) is 5.79 Å². The van der Waals surface area contributed by atoms with Crippen molar-refractivity contribution >= 4 is 5.97 Å². The predicted molar refractivity (Wildman–Crippen MR) is 62.0 cm³/mol. The number of carbonyl (C=O) groups excluding carboxylic acids is 1. The fraction of sp³-hybridized carbons (Fsp3) is 0.750. The topological polar surface area (TPSA) is 44.8 Å². The summed E-state index contributed by atoms with van der Waals surface area (Å²) < 4.78 is 15.0. The first-order valence-corrected chi connectivity index (χ1v) is 5.43. The summed E-state index contributed by atoms with van der Waals surface area (Å²) in [6, 6.07) is 0. The van der Waals surface area contributed by atoms with Gasteiger partial charge in [0.15, 0.2) is 5.79 Å². The van der Waals surface area contributed by atoms with Gasteiger partial charge in [0.1, 0.15) is 0 Å². The van der Waals surface area contributed by atoms with Gasteiger partial charge in [-0.3, -0.25) is 0 Å². The van der Waals surface area contributed by atoms with Crippen LogP contribution in [0.25, 0.3) is 0 Å². The average molecular weight is 230 g/mol. The first kappa shape index (κ1) is 15.1. The highest BCUT2D eigenvalue weighted by Gasteiger charge is 2.26. The van der Waals surface area contributed by atoms with Crippen LogP contribution in [-0.2, 0) is 19.0 Å². The number of ether oxygens (including phenoxy) is 3. The van der Waals surface area contributed by atoms with Gasteiger partial charge in [-0.1, -0.05) is 13.5 Å². The molecule has 1 rings (SSSR count). The molecular formula is C12H22O4. The van der Waals surface area contributed by atoms with Gasteiger partial charge in [0.05, 0.1) is 20.3 Å². The Kier molecular flexibility index (Phi) is 7.01. The molecule has 0 bridgehead atoms. The zero-order valence-corrected chi connectivity index (χ0v) is 10.6. The summed E-state index contributed by atoms with van der Waals surface area (Å²) in [5, 5.41) is 0. The van der Waals surface area contributed by atoms with Gasteiger partial charge in [-0.05, 0) is 20.3 Å². The molecule has 1 saturated heterocycles. The van der Waals surface area contributed by atoms with E-state index in [1.807, 2.05) is 13.8 Å². The summed E-state index contributed by atoms with van der Waals surface area (Å²) in [7, 11) is 1.31. The van der Waals surface area contributed by atoms with Crippen LogP contribution < -0.4 is 0 Å². The van der Waals surface area contributed by atoms with Crippen molar-refractivity contribution in [2.45, 2.75) is 33.0 Å². The molecule has 0 aromatic heterocycles. The van der Waals surface area contributed by atoms with E-state index >= 15 is 0 Å². The van der Waals surface area contributed by atoms with Crippen LogP contribution in [0.5, 0.6) is 0 Å². The van der Waals surface area contributed by atoms with Gasteiger partial charge in [-0.25, -0.2) is 4.79 Å². The minimum atomic E-state index is -0.394. The minimum absolute atomic E-state index is 0.342. The molecule has 0 unspecified atom stereocenters. The maximum atomic E-state index is 9.84. The van der Waals surface area contributed by atoms with Gasteiger partial charge in [0, 0.05) is 12.0 Å². The molecule has 94 valence electrons. The standard InChI is InChI=1S/C8H16O2.C4H6O2/c1-4-7-5-9-8(2,3)10-6-7;1-3-4(5)6-2/h7H,4-6H2,1-3H3;3H,1H2,2H3. The maximum Gasteiger partial charge on any atom is 0.329 e. The molecule has 4 nitrogen and oxygen atoms in total. The van der Waals surface area contributed by atoms with Gasteiger partial charge in [0.25, 0.3) is 0 Å². The number of hydrogen-bond acceptors (Lipinski definition) is 4. The van der Waals surface area contributed by atoms with Gasteiger partial charge < -0.3 is 14.2 Å². The molecule has 4 heteroatoms. The number of hydrogen-bond donors (Lipinski definition) is 0. The molecule has 1 fully saturated rings. The van der Waals surface area contributed by atoms with E-state index in [1.165, 1.54) is 7.11 Å². The van der Waals surface area contributed by atoms with Gasteiger partial charge in [0.2, 0.25) is 0 Å². The summed E-state index contributed by atoms with van der Waals surface area (Å²) in [4.78, 5) is 9.84. The Balaban J connectivity index is 0.000000325. The second-order valence-electron chi connectivity index (χ2n) is 4.02. The third kappa shape index (κ3) is 6.58. The molecule has 0 aromatic carbocycles. The molecule has 0 aromatic rings. The van der Waals surface area contributed by atoms with E-state index < -0.39 is 5.97 Å². The van der Waals surface area contributed by atoms with E-state index in [4.69, 9.17) is 9.47 Å². The Morgan fingerprint density at radius 3 is 2.25 bits per heavy atom. The smallest absolute Gasteiger partial charge is 0.329 e. The minimum Gasteiger partial charge on any atom is -0.466 e. The molecule has 0 aliphatic carbocycles. The zero-order valence-electron chi connectivity index (χ0n) is 10.6. The van der Waals surface area contributed by atoms with E-state index in [1.54, 1.807) is 0 Å². The van der Waals surface area contributed by atoms with Crippen LogP contribution >= 0.6 is 0 Å². The van der Waals surface area contributed by atoms with Crippen LogP contribution in [0.4, 0.5) is 0 Å². The number of carbonyl (C=O) groups is 1. The van der Waals surface area contributed by atoms with Crippen molar-refractivity contribution in [1.29, 1.82) is 0 Å². The van der Waals surface area contributed by atoms with Gasteiger partial charge >= 0.3 is 5.97 Å². The molecule has 1 heterocycles. The van der Waals surface area contributed by atoms with E-state index in [2.05, 4.69) is 18.2 Å². The summed E-state index contributed by atoms with van der Waals surface area (Å²) in [5.74, 6) is -0.130. The summed E-state index contributed by atoms with van der Waals surface area (Å²) >= 11 is 0. The normalized spacial score (nSPS) is 19.2. The van der Waals surface area contributed by atoms with Crippen LogP contribution in [0.15, 0.2) is 12.7 Å². The van der Waals surface area contributed by atoms with Crippen LogP contribution in [0.3, 0.4) is 0 Å². The third-order valence-electron chi connectivity index (χ3n) is 2.28. The number of rotatable bonds is 2. The van der Waals surface area contributed by atoms with Crippen molar-refractivity contribution in [3.8, 4) is 0 Å². The highest BCUT2D eigenvalue weighted by molar-refractivity contribution is 5.80. The lowest BCUT2D eigenvalue weighted by Gasteiger charge is -2.34.